The van der Waals surface area contributed by atoms with Crippen LogP contribution < -0.4 is 0 Å². The summed E-state index contributed by atoms with van der Waals surface area (Å²) in [6.45, 7) is 4.16. The molecule has 0 aromatic heterocycles. The van der Waals surface area contributed by atoms with Crippen LogP contribution in [0.4, 0.5) is 0 Å². The third-order valence-corrected chi connectivity index (χ3v) is 3.43. The Balaban J connectivity index is 1.98. The van der Waals surface area contributed by atoms with Crippen LogP contribution in [-0.4, -0.2) is 54.7 Å². The molecule has 1 aliphatic rings. The van der Waals surface area contributed by atoms with Gasteiger partial charge in [0.2, 0.25) is 0 Å². The van der Waals surface area contributed by atoms with Gasteiger partial charge in [-0.15, -0.1) is 0 Å². The normalized spacial score (nSPS) is 19.1. The maximum atomic E-state index is 8.67. The number of hydrogen-bond acceptors (Lipinski definition) is 4. The number of ether oxygens (including phenoxy) is 1. The Kier molecular flexibility index (Phi) is 8.29. The highest BCUT2D eigenvalue weighted by atomic mass is 32.1. The molecule has 0 aromatic rings. The quantitative estimate of drug-likeness (QED) is 0.504. The maximum absolute atomic E-state index is 8.67. The van der Waals surface area contributed by atoms with E-state index in [0.29, 0.717) is 12.7 Å². The van der Waals surface area contributed by atoms with Crippen molar-refractivity contribution in [1.29, 1.82) is 0 Å². The lowest BCUT2D eigenvalue weighted by Gasteiger charge is -2.31. The second kappa shape index (κ2) is 9.28. The molecule has 0 radical (unpaired) electrons. The van der Waals surface area contributed by atoms with E-state index in [0.717, 1.165) is 31.7 Å². The van der Waals surface area contributed by atoms with Crippen molar-refractivity contribution in [3.8, 4) is 0 Å². The molecule has 0 saturated carbocycles. The van der Waals surface area contributed by atoms with Crippen LogP contribution >= 0.6 is 12.6 Å². The molecule has 0 aromatic carbocycles. The fraction of sp³-hybridized carbons (Fsp3) is 1.00. The van der Waals surface area contributed by atoms with Crippen molar-refractivity contribution < 1.29 is 9.84 Å². The largest absolute Gasteiger partial charge is 0.394 e. The van der Waals surface area contributed by atoms with E-state index in [1.807, 2.05) is 0 Å². The zero-order valence-electron chi connectivity index (χ0n) is 10.1. The molecule has 1 N–H and O–H groups in total. The summed E-state index contributed by atoms with van der Waals surface area (Å²) >= 11 is 4.21. The summed E-state index contributed by atoms with van der Waals surface area (Å²) in [5, 5.41) is 8.67. The number of nitrogens with zero attached hydrogens (tertiary/aromatic N) is 1. The van der Waals surface area contributed by atoms with Gasteiger partial charge in [0.25, 0.3) is 0 Å². The lowest BCUT2D eigenvalue weighted by Crippen LogP contribution is -2.37. The average molecular weight is 247 g/mol. The Morgan fingerprint density at radius 1 is 1.19 bits per heavy atom. The summed E-state index contributed by atoms with van der Waals surface area (Å²) in [4.78, 5) is 2.53. The molecule has 0 amide bonds. The lowest BCUT2D eigenvalue weighted by molar-refractivity contribution is -0.00786. The fourth-order valence-corrected chi connectivity index (χ4v) is 2.37. The van der Waals surface area contributed by atoms with E-state index in [4.69, 9.17) is 9.84 Å². The van der Waals surface area contributed by atoms with E-state index in [1.54, 1.807) is 0 Å². The molecule has 1 aliphatic heterocycles. The molecule has 0 aliphatic carbocycles. The lowest BCUT2D eigenvalue weighted by atomic mass is 10.1. The third-order valence-electron chi connectivity index (χ3n) is 3.11. The van der Waals surface area contributed by atoms with Crippen LogP contribution in [0.15, 0.2) is 0 Å². The first-order valence-corrected chi connectivity index (χ1v) is 7.05. The zero-order chi connectivity index (χ0) is 11.6. The SMILES string of the molecule is OCCOC1CCN(CCCCCS)CC1. The van der Waals surface area contributed by atoms with Gasteiger partial charge in [0.05, 0.1) is 19.3 Å². The van der Waals surface area contributed by atoms with Crippen molar-refractivity contribution in [3.05, 3.63) is 0 Å². The van der Waals surface area contributed by atoms with Gasteiger partial charge in [-0.25, -0.2) is 0 Å². The van der Waals surface area contributed by atoms with E-state index >= 15 is 0 Å². The minimum absolute atomic E-state index is 0.143. The Bertz CT molecular complexity index is 161. The van der Waals surface area contributed by atoms with Gasteiger partial charge in [-0.2, -0.15) is 12.6 Å². The average Bonchev–Trinajstić information content (AvgIpc) is 2.33. The van der Waals surface area contributed by atoms with Crippen molar-refractivity contribution in [2.45, 2.75) is 38.2 Å². The summed E-state index contributed by atoms with van der Waals surface area (Å²) in [6.07, 6.45) is 6.44. The Morgan fingerprint density at radius 3 is 2.56 bits per heavy atom. The standard InChI is InChI=1S/C12H25NO2S/c14-9-10-15-12-4-7-13(8-5-12)6-2-1-3-11-16/h12,14,16H,1-11H2. The van der Waals surface area contributed by atoms with Crippen LogP contribution in [0.1, 0.15) is 32.1 Å². The second-order valence-corrected chi connectivity index (χ2v) is 4.87. The molecule has 0 unspecified atom stereocenters. The molecule has 1 heterocycles. The minimum Gasteiger partial charge on any atom is -0.394 e. The number of hydrogen-bond donors (Lipinski definition) is 2. The molecular weight excluding hydrogens is 222 g/mol. The van der Waals surface area contributed by atoms with Gasteiger partial charge in [-0.1, -0.05) is 6.42 Å². The van der Waals surface area contributed by atoms with Crippen LogP contribution in [0.5, 0.6) is 0 Å². The van der Waals surface area contributed by atoms with E-state index in [-0.39, 0.29) is 6.61 Å². The summed E-state index contributed by atoms with van der Waals surface area (Å²) in [5.41, 5.74) is 0. The van der Waals surface area contributed by atoms with Crippen LogP contribution in [0.3, 0.4) is 0 Å². The highest BCUT2D eigenvalue weighted by Gasteiger charge is 2.18. The monoisotopic (exact) mass is 247 g/mol. The maximum Gasteiger partial charge on any atom is 0.0701 e. The van der Waals surface area contributed by atoms with Crippen molar-refractivity contribution in [2.75, 3.05) is 38.6 Å². The van der Waals surface area contributed by atoms with E-state index in [9.17, 15) is 0 Å². The van der Waals surface area contributed by atoms with Gasteiger partial charge in [0.15, 0.2) is 0 Å². The Hall–Kier alpha value is 0.230. The number of unbranched alkanes of at least 4 members (excludes halogenated alkanes) is 2. The number of rotatable bonds is 8. The molecule has 4 heteroatoms. The van der Waals surface area contributed by atoms with Crippen LogP contribution in [-0.2, 0) is 4.74 Å². The van der Waals surface area contributed by atoms with Gasteiger partial charge in [-0.05, 0) is 38.0 Å². The number of aliphatic hydroxyl groups is 1. The topological polar surface area (TPSA) is 32.7 Å². The van der Waals surface area contributed by atoms with Crippen LogP contribution in [0, 0.1) is 0 Å². The van der Waals surface area contributed by atoms with Gasteiger partial charge in [-0.3, -0.25) is 0 Å². The predicted molar refractivity (Wildman–Crippen MR) is 70.2 cm³/mol. The molecule has 1 rings (SSSR count). The van der Waals surface area contributed by atoms with Gasteiger partial charge < -0.3 is 14.7 Å². The molecule has 3 nitrogen and oxygen atoms in total. The second-order valence-electron chi connectivity index (χ2n) is 4.42. The molecule has 96 valence electrons. The fourth-order valence-electron chi connectivity index (χ4n) is 2.14. The first-order valence-electron chi connectivity index (χ1n) is 6.42. The van der Waals surface area contributed by atoms with Gasteiger partial charge in [0, 0.05) is 13.1 Å². The van der Waals surface area contributed by atoms with Crippen molar-refractivity contribution in [1.82, 2.24) is 4.90 Å². The molecule has 0 spiro atoms. The summed E-state index contributed by atoms with van der Waals surface area (Å²) < 4.78 is 5.54. The van der Waals surface area contributed by atoms with Crippen LogP contribution in [0.2, 0.25) is 0 Å². The zero-order valence-corrected chi connectivity index (χ0v) is 11.0. The minimum atomic E-state index is 0.143. The molecule has 0 atom stereocenters. The van der Waals surface area contributed by atoms with E-state index in [2.05, 4.69) is 17.5 Å². The Labute approximate surface area is 105 Å². The third kappa shape index (κ3) is 6.09. The highest BCUT2D eigenvalue weighted by molar-refractivity contribution is 7.80. The van der Waals surface area contributed by atoms with Crippen molar-refractivity contribution >= 4 is 12.6 Å². The first kappa shape index (κ1) is 14.3. The first-order chi connectivity index (χ1) is 7.86. The predicted octanol–water partition coefficient (Wildman–Crippen LogP) is 1.56. The van der Waals surface area contributed by atoms with Crippen molar-refractivity contribution in [3.63, 3.8) is 0 Å². The number of aliphatic hydroxyl groups excluding tert-OH is 1. The summed E-state index contributed by atoms with van der Waals surface area (Å²) in [7, 11) is 0. The van der Waals surface area contributed by atoms with E-state index in [1.165, 1.54) is 25.8 Å². The summed E-state index contributed by atoms with van der Waals surface area (Å²) in [5.74, 6) is 1.01. The highest BCUT2D eigenvalue weighted by Crippen LogP contribution is 2.14. The molecule has 16 heavy (non-hydrogen) atoms. The number of piperidine rings is 1. The van der Waals surface area contributed by atoms with Crippen molar-refractivity contribution in [2.24, 2.45) is 0 Å². The van der Waals surface area contributed by atoms with E-state index < -0.39 is 0 Å². The smallest absolute Gasteiger partial charge is 0.0701 e. The van der Waals surface area contributed by atoms with Gasteiger partial charge >= 0.3 is 0 Å². The van der Waals surface area contributed by atoms with Crippen LogP contribution in [0.25, 0.3) is 0 Å². The Morgan fingerprint density at radius 2 is 1.94 bits per heavy atom. The number of likely N-dealkylation sites (tertiary alicyclic amines) is 1. The molecule has 1 fully saturated rings. The van der Waals surface area contributed by atoms with Gasteiger partial charge in [0.1, 0.15) is 0 Å². The summed E-state index contributed by atoms with van der Waals surface area (Å²) in [6, 6.07) is 0. The molecule has 1 saturated heterocycles. The molecular formula is C12H25NO2S. The molecule has 0 bridgehead atoms. The number of thiol groups is 1.